The lowest BCUT2D eigenvalue weighted by Crippen LogP contribution is -2.34. The summed E-state index contributed by atoms with van der Waals surface area (Å²) in [7, 11) is 0. The maximum absolute atomic E-state index is 11.8. The van der Waals surface area contributed by atoms with E-state index in [1.165, 1.54) is 38.5 Å². The second-order valence-electron chi connectivity index (χ2n) is 5.94. The molecule has 2 N–H and O–H groups in total. The summed E-state index contributed by atoms with van der Waals surface area (Å²) in [6.45, 7) is 2.73. The van der Waals surface area contributed by atoms with Gasteiger partial charge in [-0.1, -0.05) is 82.2 Å². The van der Waals surface area contributed by atoms with E-state index in [0.717, 1.165) is 18.4 Å². The minimum Gasteiger partial charge on any atom is -0.465 e. The van der Waals surface area contributed by atoms with Crippen molar-refractivity contribution in [2.24, 2.45) is 5.73 Å². The molecule has 0 radical (unpaired) electrons. The Morgan fingerprint density at radius 2 is 1.59 bits per heavy atom. The molecule has 124 valence electrons. The molecule has 0 spiro atoms. The average molecular weight is 305 g/mol. The molecular weight excluding hydrogens is 274 g/mol. The van der Waals surface area contributed by atoms with Gasteiger partial charge in [0.15, 0.2) is 0 Å². The first-order valence-corrected chi connectivity index (χ1v) is 8.70. The van der Waals surface area contributed by atoms with Gasteiger partial charge in [0.25, 0.3) is 0 Å². The lowest BCUT2D eigenvalue weighted by atomic mass is 10.1. The first-order chi connectivity index (χ1) is 10.7. The fourth-order valence-electron chi connectivity index (χ4n) is 2.47. The van der Waals surface area contributed by atoms with Crippen molar-refractivity contribution < 1.29 is 9.53 Å². The van der Waals surface area contributed by atoms with Crippen LogP contribution < -0.4 is 5.73 Å². The fourth-order valence-corrected chi connectivity index (χ4v) is 2.47. The van der Waals surface area contributed by atoms with Crippen LogP contribution in [-0.4, -0.2) is 18.6 Å². The third-order valence-electron chi connectivity index (χ3n) is 3.84. The molecule has 1 rings (SSSR count). The molecule has 1 unspecified atom stereocenters. The Bertz CT molecular complexity index is 392. The second kappa shape index (κ2) is 12.2. The average Bonchev–Trinajstić information content (AvgIpc) is 2.54. The van der Waals surface area contributed by atoms with Crippen LogP contribution in [0.15, 0.2) is 30.3 Å². The molecule has 0 aliphatic heterocycles. The van der Waals surface area contributed by atoms with Gasteiger partial charge in [-0.25, -0.2) is 0 Å². The van der Waals surface area contributed by atoms with Crippen LogP contribution in [0.1, 0.15) is 63.9 Å². The van der Waals surface area contributed by atoms with Crippen LogP contribution in [0.25, 0.3) is 0 Å². The van der Waals surface area contributed by atoms with Crippen molar-refractivity contribution in [1.29, 1.82) is 0 Å². The molecule has 0 amide bonds. The first kappa shape index (κ1) is 18.7. The Morgan fingerprint density at radius 3 is 2.23 bits per heavy atom. The second-order valence-corrected chi connectivity index (χ2v) is 5.94. The van der Waals surface area contributed by atoms with Gasteiger partial charge >= 0.3 is 5.97 Å². The van der Waals surface area contributed by atoms with Gasteiger partial charge in [0.1, 0.15) is 6.04 Å². The van der Waals surface area contributed by atoms with Gasteiger partial charge in [-0.2, -0.15) is 0 Å². The van der Waals surface area contributed by atoms with Crippen molar-refractivity contribution in [3.05, 3.63) is 35.9 Å². The Balaban J connectivity index is 2.01. The summed E-state index contributed by atoms with van der Waals surface area (Å²) in [6, 6.07) is 9.26. The standard InChI is InChI=1S/C19H31NO2/c1-2-3-4-5-6-7-8-12-15-22-19(21)18(20)16-17-13-10-9-11-14-17/h9-11,13-14,18H,2-8,12,15-16,20H2,1H3. The van der Waals surface area contributed by atoms with E-state index in [-0.39, 0.29) is 5.97 Å². The maximum atomic E-state index is 11.8. The summed E-state index contributed by atoms with van der Waals surface area (Å²) in [5.41, 5.74) is 6.95. The van der Waals surface area contributed by atoms with Crippen molar-refractivity contribution >= 4 is 5.97 Å². The highest BCUT2D eigenvalue weighted by Crippen LogP contribution is 2.09. The Labute approximate surface area is 135 Å². The van der Waals surface area contributed by atoms with Gasteiger partial charge in [-0.05, 0) is 18.4 Å². The van der Waals surface area contributed by atoms with Gasteiger partial charge < -0.3 is 10.5 Å². The summed E-state index contributed by atoms with van der Waals surface area (Å²) in [4.78, 5) is 11.8. The molecule has 1 atom stereocenters. The van der Waals surface area contributed by atoms with Crippen LogP contribution >= 0.6 is 0 Å². The number of hydrogen-bond acceptors (Lipinski definition) is 3. The van der Waals surface area contributed by atoms with Crippen molar-refractivity contribution in [2.75, 3.05) is 6.61 Å². The predicted octanol–water partition coefficient (Wildman–Crippen LogP) is 4.24. The molecule has 0 saturated heterocycles. The molecule has 0 aromatic heterocycles. The van der Waals surface area contributed by atoms with Gasteiger partial charge in [0.05, 0.1) is 6.61 Å². The highest BCUT2D eigenvalue weighted by Gasteiger charge is 2.15. The van der Waals surface area contributed by atoms with Crippen molar-refractivity contribution in [2.45, 2.75) is 70.8 Å². The zero-order valence-electron chi connectivity index (χ0n) is 13.9. The molecule has 0 saturated carbocycles. The number of rotatable bonds is 12. The first-order valence-electron chi connectivity index (χ1n) is 8.70. The van der Waals surface area contributed by atoms with Crippen LogP contribution in [0.3, 0.4) is 0 Å². The van der Waals surface area contributed by atoms with Gasteiger partial charge in [0.2, 0.25) is 0 Å². The molecule has 1 aromatic rings. The van der Waals surface area contributed by atoms with Crippen LogP contribution in [-0.2, 0) is 16.0 Å². The third kappa shape index (κ3) is 8.83. The normalized spacial score (nSPS) is 12.1. The van der Waals surface area contributed by atoms with Crippen molar-refractivity contribution in [1.82, 2.24) is 0 Å². The SMILES string of the molecule is CCCCCCCCCCOC(=O)C(N)Cc1ccccc1. The molecule has 0 fully saturated rings. The molecule has 1 aromatic carbocycles. The topological polar surface area (TPSA) is 52.3 Å². The third-order valence-corrected chi connectivity index (χ3v) is 3.84. The largest absolute Gasteiger partial charge is 0.465 e. The van der Waals surface area contributed by atoms with E-state index in [1.807, 2.05) is 30.3 Å². The summed E-state index contributed by atoms with van der Waals surface area (Å²) >= 11 is 0. The Hall–Kier alpha value is -1.35. The molecular formula is C19H31NO2. The van der Waals surface area contributed by atoms with E-state index >= 15 is 0 Å². The number of unbranched alkanes of at least 4 members (excludes halogenated alkanes) is 7. The Kier molecular flexibility index (Phi) is 10.4. The van der Waals surface area contributed by atoms with Crippen molar-refractivity contribution in [3.8, 4) is 0 Å². The number of esters is 1. The number of hydrogen-bond donors (Lipinski definition) is 1. The predicted molar refractivity (Wildman–Crippen MR) is 91.7 cm³/mol. The summed E-state index contributed by atoms with van der Waals surface area (Å²) in [6.07, 6.45) is 10.5. The van der Waals surface area contributed by atoms with Crippen LogP contribution in [0.2, 0.25) is 0 Å². The van der Waals surface area contributed by atoms with E-state index in [4.69, 9.17) is 10.5 Å². The monoisotopic (exact) mass is 305 g/mol. The Morgan fingerprint density at radius 1 is 1.00 bits per heavy atom. The molecule has 3 heteroatoms. The van der Waals surface area contributed by atoms with Crippen LogP contribution in [0.5, 0.6) is 0 Å². The summed E-state index contributed by atoms with van der Waals surface area (Å²) < 4.78 is 5.26. The van der Waals surface area contributed by atoms with Crippen LogP contribution in [0, 0.1) is 0 Å². The number of nitrogens with two attached hydrogens (primary N) is 1. The van der Waals surface area contributed by atoms with E-state index in [1.54, 1.807) is 0 Å². The highest BCUT2D eigenvalue weighted by molar-refractivity contribution is 5.75. The molecule has 3 nitrogen and oxygen atoms in total. The lowest BCUT2D eigenvalue weighted by molar-refractivity contribution is -0.145. The number of carbonyl (C=O) groups is 1. The molecule has 0 aliphatic rings. The van der Waals surface area contributed by atoms with Gasteiger partial charge in [-0.15, -0.1) is 0 Å². The zero-order valence-corrected chi connectivity index (χ0v) is 13.9. The minimum atomic E-state index is -0.559. The molecule has 0 aliphatic carbocycles. The van der Waals surface area contributed by atoms with E-state index in [9.17, 15) is 4.79 Å². The number of benzene rings is 1. The van der Waals surface area contributed by atoms with Gasteiger partial charge in [0, 0.05) is 0 Å². The van der Waals surface area contributed by atoms with Crippen molar-refractivity contribution in [3.63, 3.8) is 0 Å². The summed E-state index contributed by atoms with van der Waals surface area (Å²) in [5, 5.41) is 0. The minimum absolute atomic E-state index is 0.285. The highest BCUT2D eigenvalue weighted by atomic mass is 16.5. The number of carbonyl (C=O) groups excluding carboxylic acids is 1. The molecule has 0 bridgehead atoms. The van der Waals surface area contributed by atoms with E-state index < -0.39 is 6.04 Å². The van der Waals surface area contributed by atoms with E-state index in [2.05, 4.69) is 6.92 Å². The van der Waals surface area contributed by atoms with Gasteiger partial charge in [-0.3, -0.25) is 4.79 Å². The molecule has 22 heavy (non-hydrogen) atoms. The van der Waals surface area contributed by atoms with E-state index in [0.29, 0.717) is 13.0 Å². The summed E-state index contributed by atoms with van der Waals surface area (Å²) in [5.74, 6) is -0.285. The smallest absolute Gasteiger partial charge is 0.323 e. The molecule has 0 heterocycles. The zero-order chi connectivity index (χ0) is 16.0. The quantitative estimate of drug-likeness (QED) is 0.464. The fraction of sp³-hybridized carbons (Fsp3) is 0.632. The van der Waals surface area contributed by atoms with Crippen LogP contribution in [0.4, 0.5) is 0 Å². The lowest BCUT2D eigenvalue weighted by Gasteiger charge is -2.11. The maximum Gasteiger partial charge on any atom is 0.323 e. The number of ether oxygens (including phenoxy) is 1.